The van der Waals surface area contributed by atoms with Crippen molar-refractivity contribution in [2.24, 2.45) is 0 Å². The number of methoxy groups -OCH3 is 1. The maximum Gasteiger partial charge on any atom is 0.316 e. The zero-order valence-corrected chi connectivity index (χ0v) is 18.1. The van der Waals surface area contributed by atoms with Crippen LogP contribution >= 0.6 is 0 Å². The molecule has 0 bridgehead atoms. The number of aromatic nitrogens is 2. The third-order valence-electron chi connectivity index (χ3n) is 5.56. The molecule has 0 N–H and O–H groups in total. The second-order valence-electron chi connectivity index (χ2n) is 8.93. The standard InChI is InChI=1S/C23H34N4O/c1-17(2)19-9-7-8-10-20(19)21-16-26(13-14-27(21)23(3,4)5)15-18-11-12-24-22(25-18)28-6/h7-12,17,21H,13-16H2,1-6H3. The van der Waals surface area contributed by atoms with Gasteiger partial charge in [-0.25, -0.2) is 4.98 Å². The molecule has 1 aromatic heterocycles. The number of hydrogen-bond acceptors (Lipinski definition) is 5. The Hall–Kier alpha value is -1.98. The molecule has 28 heavy (non-hydrogen) atoms. The minimum atomic E-state index is 0.124. The fourth-order valence-corrected chi connectivity index (χ4v) is 4.18. The Morgan fingerprint density at radius 2 is 1.89 bits per heavy atom. The van der Waals surface area contributed by atoms with E-state index in [1.807, 2.05) is 6.07 Å². The molecule has 1 atom stereocenters. The molecule has 1 unspecified atom stereocenters. The second-order valence-corrected chi connectivity index (χ2v) is 8.93. The zero-order valence-electron chi connectivity index (χ0n) is 18.1. The normalized spacial score (nSPS) is 19.2. The van der Waals surface area contributed by atoms with Crippen molar-refractivity contribution in [3.63, 3.8) is 0 Å². The number of nitrogens with zero attached hydrogens (tertiary/aromatic N) is 4. The monoisotopic (exact) mass is 382 g/mol. The quantitative estimate of drug-likeness (QED) is 0.773. The number of hydrogen-bond donors (Lipinski definition) is 0. The van der Waals surface area contributed by atoms with Gasteiger partial charge in [0.2, 0.25) is 0 Å². The van der Waals surface area contributed by atoms with Gasteiger partial charge in [0, 0.05) is 44.0 Å². The maximum atomic E-state index is 5.19. The molecule has 3 rings (SSSR count). The largest absolute Gasteiger partial charge is 0.467 e. The van der Waals surface area contributed by atoms with Crippen molar-refractivity contribution < 1.29 is 4.74 Å². The lowest BCUT2D eigenvalue weighted by Crippen LogP contribution is -2.55. The minimum absolute atomic E-state index is 0.124. The van der Waals surface area contributed by atoms with E-state index in [0.717, 1.165) is 31.9 Å². The van der Waals surface area contributed by atoms with Crippen LogP contribution in [-0.2, 0) is 6.54 Å². The van der Waals surface area contributed by atoms with Crippen molar-refractivity contribution in [2.45, 2.75) is 58.7 Å². The van der Waals surface area contributed by atoms with E-state index < -0.39 is 0 Å². The predicted molar refractivity (Wildman–Crippen MR) is 114 cm³/mol. The summed E-state index contributed by atoms with van der Waals surface area (Å²) in [5, 5.41) is 0. The summed E-state index contributed by atoms with van der Waals surface area (Å²) in [7, 11) is 1.61. The zero-order chi connectivity index (χ0) is 20.3. The maximum absolute atomic E-state index is 5.19. The van der Waals surface area contributed by atoms with Crippen LogP contribution in [0.3, 0.4) is 0 Å². The first-order chi connectivity index (χ1) is 13.3. The third-order valence-corrected chi connectivity index (χ3v) is 5.56. The lowest BCUT2D eigenvalue weighted by atomic mass is 9.88. The summed E-state index contributed by atoms with van der Waals surface area (Å²) in [6.45, 7) is 15.4. The number of ether oxygens (including phenoxy) is 1. The van der Waals surface area contributed by atoms with Crippen molar-refractivity contribution in [3.8, 4) is 6.01 Å². The Morgan fingerprint density at radius 3 is 2.57 bits per heavy atom. The summed E-state index contributed by atoms with van der Waals surface area (Å²) in [6, 6.07) is 11.7. The molecular formula is C23H34N4O. The lowest BCUT2D eigenvalue weighted by Gasteiger charge is -2.48. The predicted octanol–water partition coefficient (Wildman–Crippen LogP) is 4.27. The van der Waals surface area contributed by atoms with E-state index in [1.54, 1.807) is 13.3 Å². The van der Waals surface area contributed by atoms with E-state index in [4.69, 9.17) is 4.74 Å². The number of rotatable bonds is 5. The van der Waals surface area contributed by atoms with Gasteiger partial charge in [-0.1, -0.05) is 38.1 Å². The highest BCUT2D eigenvalue weighted by Gasteiger charge is 2.36. The Balaban J connectivity index is 1.88. The van der Waals surface area contributed by atoms with Crippen molar-refractivity contribution in [1.82, 2.24) is 19.8 Å². The summed E-state index contributed by atoms with van der Waals surface area (Å²) in [4.78, 5) is 13.8. The molecule has 0 radical (unpaired) electrons. The number of benzene rings is 1. The Morgan fingerprint density at radius 1 is 1.14 bits per heavy atom. The summed E-state index contributed by atoms with van der Waals surface area (Å²) in [6.07, 6.45) is 1.78. The fourth-order valence-electron chi connectivity index (χ4n) is 4.18. The van der Waals surface area contributed by atoms with Gasteiger partial charge in [-0.15, -0.1) is 0 Å². The summed E-state index contributed by atoms with van der Waals surface area (Å²) >= 11 is 0. The molecular weight excluding hydrogens is 348 g/mol. The topological polar surface area (TPSA) is 41.5 Å². The van der Waals surface area contributed by atoms with E-state index in [-0.39, 0.29) is 5.54 Å². The van der Waals surface area contributed by atoms with Gasteiger partial charge in [0.05, 0.1) is 12.8 Å². The molecule has 0 saturated carbocycles. The van der Waals surface area contributed by atoms with Gasteiger partial charge < -0.3 is 4.74 Å². The molecule has 152 valence electrons. The highest BCUT2D eigenvalue weighted by molar-refractivity contribution is 5.33. The lowest BCUT2D eigenvalue weighted by molar-refractivity contribution is 0.00511. The van der Waals surface area contributed by atoms with Crippen LogP contribution in [0.5, 0.6) is 6.01 Å². The average molecular weight is 383 g/mol. The summed E-state index contributed by atoms with van der Waals surface area (Å²) in [5.74, 6) is 0.513. The van der Waals surface area contributed by atoms with Gasteiger partial charge in [0.1, 0.15) is 0 Å². The first-order valence-corrected chi connectivity index (χ1v) is 10.2. The molecule has 0 spiro atoms. The minimum Gasteiger partial charge on any atom is -0.467 e. The van der Waals surface area contributed by atoms with Crippen LogP contribution in [0.2, 0.25) is 0 Å². The molecule has 1 saturated heterocycles. The van der Waals surface area contributed by atoms with Crippen molar-refractivity contribution >= 4 is 0 Å². The van der Waals surface area contributed by atoms with E-state index in [9.17, 15) is 0 Å². The van der Waals surface area contributed by atoms with Crippen molar-refractivity contribution in [3.05, 3.63) is 53.3 Å². The molecule has 1 aliphatic rings. The van der Waals surface area contributed by atoms with Crippen LogP contribution in [0.15, 0.2) is 36.5 Å². The Bertz CT molecular complexity index is 784. The van der Waals surface area contributed by atoms with Crippen LogP contribution in [0, 0.1) is 0 Å². The summed E-state index contributed by atoms with van der Waals surface area (Å²) < 4.78 is 5.19. The molecule has 0 amide bonds. The van der Waals surface area contributed by atoms with Crippen LogP contribution in [0.4, 0.5) is 0 Å². The van der Waals surface area contributed by atoms with Gasteiger partial charge in [-0.2, -0.15) is 4.98 Å². The second kappa shape index (κ2) is 8.58. The molecule has 2 aromatic rings. The Kier molecular flexibility index (Phi) is 6.36. The van der Waals surface area contributed by atoms with Gasteiger partial charge >= 0.3 is 6.01 Å². The van der Waals surface area contributed by atoms with E-state index in [0.29, 0.717) is 18.0 Å². The third kappa shape index (κ3) is 4.70. The molecule has 2 heterocycles. The SMILES string of the molecule is COc1nccc(CN2CCN(C(C)(C)C)C(c3ccccc3C(C)C)C2)n1. The van der Waals surface area contributed by atoms with Crippen molar-refractivity contribution in [2.75, 3.05) is 26.7 Å². The van der Waals surface area contributed by atoms with E-state index >= 15 is 0 Å². The van der Waals surface area contributed by atoms with Crippen LogP contribution in [-0.4, -0.2) is 52.1 Å². The number of piperazine rings is 1. The smallest absolute Gasteiger partial charge is 0.316 e. The average Bonchev–Trinajstić information content (AvgIpc) is 2.67. The van der Waals surface area contributed by atoms with Crippen LogP contribution < -0.4 is 4.74 Å². The highest BCUT2D eigenvalue weighted by atomic mass is 16.5. The summed E-state index contributed by atoms with van der Waals surface area (Å²) in [5.41, 5.74) is 4.04. The van der Waals surface area contributed by atoms with E-state index in [1.165, 1.54) is 11.1 Å². The first kappa shape index (κ1) is 20.7. The van der Waals surface area contributed by atoms with Gasteiger partial charge in [-0.05, 0) is 43.9 Å². The van der Waals surface area contributed by atoms with Gasteiger partial charge in [0.15, 0.2) is 0 Å². The first-order valence-electron chi connectivity index (χ1n) is 10.2. The molecule has 1 fully saturated rings. The van der Waals surface area contributed by atoms with Crippen LogP contribution in [0.25, 0.3) is 0 Å². The van der Waals surface area contributed by atoms with Crippen molar-refractivity contribution in [1.29, 1.82) is 0 Å². The Labute approximate surface area is 169 Å². The van der Waals surface area contributed by atoms with E-state index in [2.05, 4.69) is 78.7 Å². The fraction of sp³-hybridized carbons (Fsp3) is 0.565. The molecule has 1 aromatic carbocycles. The van der Waals surface area contributed by atoms with Crippen LogP contribution in [0.1, 0.15) is 63.4 Å². The van der Waals surface area contributed by atoms with Gasteiger partial charge in [0.25, 0.3) is 0 Å². The molecule has 5 nitrogen and oxygen atoms in total. The molecule has 5 heteroatoms. The highest BCUT2D eigenvalue weighted by Crippen LogP contribution is 2.35. The van der Waals surface area contributed by atoms with Gasteiger partial charge in [-0.3, -0.25) is 9.80 Å². The molecule has 0 aliphatic carbocycles. The molecule has 1 aliphatic heterocycles.